The smallest absolute Gasteiger partial charge is 0.335 e. The Hall–Kier alpha value is -0.580. The zero-order valence-electron chi connectivity index (χ0n) is 6.75. The molecule has 0 saturated carbocycles. The first-order valence-corrected chi connectivity index (χ1v) is 5.68. The van der Waals surface area contributed by atoms with Crippen LogP contribution in [0.4, 0.5) is 0 Å². The molecule has 0 saturated heterocycles. The molecule has 0 aliphatic heterocycles. The molecule has 0 aliphatic carbocycles. The highest BCUT2D eigenvalue weighted by molar-refractivity contribution is 9.11. The van der Waals surface area contributed by atoms with Crippen LogP contribution in [-0.4, -0.2) is 11.1 Å². The molecule has 0 spiro atoms. The summed E-state index contributed by atoms with van der Waals surface area (Å²) >= 11 is 10.8. The second-order valence-electron chi connectivity index (χ2n) is 2.73. The largest absolute Gasteiger partial charge is 0.478 e. The van der Waals surface area contributed by atoms with Gasteiger partial charge in [-0.15, -0.1) is 11.3 Å². The second kappa shape index (κ2) is 3.53. The highest BCUT2D eigenvalue weighted by atomic mass is 79.9. The molecular formula is C9H4BrClO2S. The van der Waals surface area contributed by atoms with E-state index < -0.39 is 5.97 Å². The van der Waals surface area contributed by atoms with Gasteiger partial charge in [0.2, 0.25) is 0 Å². The molecule has 0 amide bonds. The van der Waals surface area contributed by atoms with Crippen LogP contribution in [-0.2, 0) is 0 Å². The van der Waals surface area contributed by atoms with Crippen LogP contribution < -0.4 is 0 Å². The molecule has 0 atom stereocenters. The number of thiophene rings is 1. The Morgan fingerprint density at radius 3 is 2.79 bits per heavy atom. The van der Waals surface area contributed by atoms with Crippen LogP contribution in [0.3, 0.4) is 0 Å². The van der Waals surface area contributed by atoms with E-state index in [1.807, 2.05) is 6.07 Å². The fraction of sp³-hybridized carbons (Fsp3) is 0. The van der Waals surface area contributed by atoms with Gasteiger partial charge in [0.15, 0.2) is 0 Å². The van der Waals surface area contributed by atoms with E-state index in [1.165, 1.54) is 17.4 Å². The summed E-state index contributed by atoms with van der Waals surface area (Å²) in [6.45, 7) is 0. The molecule has 0 fully saturated rings. The van der Waals surface area contributed by atoms with E-state index in [0.29, 0.717) is 5.02 Å². The number of rotatable bonds is 1. The fourth-order valence-corrected chi connectivity index (χ4v) is 3.05. The van der Waals surface area contributed by atoms with Crippen molar-refractivity contribution in [2.45, 2.75) is 0 Å². The Morgan fingerprint density at radius 2 is 2.14 bits per heavy atom. The Kier molecular flexibility index (Phi) is 2.51. The Labute approximate surface area is 97.2 Å². The normalized spacial score (nSPS) is 10.7. The summed E-state index contributed by atoms with van der Waals surface area (Å²) in [5, 5.41) is 10.1. The lowest BCUT2D eigenvalue weighted by molar-refractivity contribution is 0.0697. The van der Waals surface area contributed by atoms with Gasteiger partial charge < -0.3 is 5.11 Å². The van der Waals surface area contributed by atoms with E-state index in [0.717, 1.165) is 13.9 Å². The summed E-state index contributed by atoms with van der Waals surface area (Å²) in [5.74, 6) is -0.962. The molecule has 5 heteroatoms. The molecule has 1 aromatic heterocycles. The number of carboxylic acids is 1. The van der Waals surface area contributed by atoms with Gasteiger partial charge >= 0.3 is 5.97 Å². The van der Waals surface area contributed by atoms with Crippen LogP contribution in [0.1, 0.15) is 10.4 Å². The molecular weight excluding hydrogens is 288 g/mol. The van der Waals surface area contributed by atoms with Crippen molar-refractivity contribution in [2.75, 3.05) is 0 Å². The Morgan fingerprint density at radius 1 is 1.43 bits per heavy atom. The van der Waals surface area contributed by atoms with Crippen LogP contribution in [0.25, 0.3) is 10.1 Å². The van der Waals surface area contributed by atoms with Gasteiger partial charge in [0, 0.05) is 0 Å². The van der Waals surface area contributed by atoms with Crippen molar-refractivity contribution in [3.63, 3.8) is 0 Å². The lowest BCUT2D eigenvalue weighted by Crippen LogP contribution is -1.94. The van der Waals surface area contributed by atoms with Crippen LogP contribution in [0.5, 0.6) is 0 Å². The maximum atomic E-state index is 10.7. The minimum atomic E-state index is -0.962. The molecule has 14 heavy (non-hydrogen) atoms. The minimum Gasteiger partial charge on any atom is -0.478 e. The molecule has 1 N–H and O–H groups in total. The summed E-state index contributed by atoms with van der Waals surface area (Å²) in [4.78, 5) is 10.7. The summed E-state index contributed by atoms with van der Waals surface area (Å²) < 4.78 is 1.85. The summed E-state index contributed by atoms with van der Waals surface area (Å²) in [6, 6.07) is 4.94. The molecule has 72 valence electrons. The number of halogens is 2. The number of carboxylic acid groups (broad SMARTS) is 1. The molecule has 0 unspecified atom stereocenters. The van der Waals surface area contributed by atoms with Gasteiger partial charge in [-0.1, -0.05) is 11.6 Å². The summed E-state index contributed by atoms with van der Waals surface area (Å²) in [6.07, 6.45) is 0. The average molecular weight is 292 g/mol. The summed E-state index contributed by atoms with van der Waals surface area (Å²) in [7, 11) is 0. The lowest BCUT2D eigenvalue weighted by atomic mass is 10.2. The summed E-state index contributed by atoms with van der Waals surface area (Å²) in [5.41, 5.74) is 0.216. The van der Waals surface area contributed by atoms with Crippen molar-refractivity contribution >= 4 is 54.9 Å². The van der Waals surface area contributed by atoms with Crippen molar-refractivity contribution in [1.82, 2.24) is 0 Å². The van der Waals surface area contributed by atoms with Gasteiger partial charge in [-0.25, -0.2) is 4.79 Å². The highest BCUT2D eigenvalue weighted by Gasteiger charge is 2.09. The van der Waals surface area contributed by atoms with E-state index in [4.69, 9.17) is 16.7 Å². The molecule has 1 heterocycles. The molecule has 2 rings (SSSR count). The quantitative estimate of drug-likeness (QED) is 0.862. The SMILES string of the molecule is O=C(O)c1cc(Cl)c2sc(Br)cc2c1. The first kappa shape index (κ1) is 9.96. The third-order valence-corrected chi connectivity index (χ3v) is 3.89. The molecule has 0 radical (unpaired) electrons. The third kappa shape index (κ3) is 1.65. The molecule has 1 aromatic carbocycles. The van der Waals surface area contributed by atoms with E-state index in [9.17, 15) is 4.79 Å². The maximum absolute atomic E-state index is 10.7. The molecule has 2 nitrogen and oxygen atoms in total. The topological polar surface area (TPSA) is 37.3 Å². The Balaban J connectivity index is 2.77. The predicted octanol–water partition coefficient (Wildman–Crippen LogP) is 4.02. The number of benzene rings is 1. The monoisotopic (exact) mass is 290 g/mol. The number of fused-ring (bicyclic) bond motifs is 1. The van der Waals surface area contributed by atoms with E-state index in [1.54, 1.807) is 6.07 Å². The van der Waals surface area contributed by atoms with Gasteiger partial charge in [-0.3, -0.25) is 0 Å². The molecule has 0 aliphatic rings. The number of carbonyl (C=O) groups is 1. The molecule has 0 bridgehead atoms. The van der Waals surface area contributed by atoms with Crippen LogP contribution >= 0.6 is 38.9 Å². The van der Waals surface area contributed by atoms with Gasteiger partial charge in [0.25, 0.3) is 0 Å². The second-order valence-corrected chi connectivity index (χ2v) is 5.57. The van der Waals surface area contributed by atoms with Crippen molar-refractivity contribution in [2.24, 2.45) is 0 Å². The van der Waals surface area contributed by atoms with Crippen molar-refractivity contribution in [3.05, 3.63) is 32.6 Å². The average Bonchev–Trinajstić information content (AvgIpc) is 2.45. The minimum absolute atomic E-state index is 0.216. The maximum Gasteiger partial charge on any atom is 0.335 e. The first-order valence-electron chi connectivity index (χ1n) is 3.70. The lowest BCUT2D eigenvalue weighted by Gasteiger charge is -1.96. The number of hydrogen-bond acceptors (Lipinski definition) is 2. The van der Waals surface area contributed by atoms with Gasteiger partial charge in [-0.2, -0.15) is 0 Å². The van der Waals surface area contributed by atoms with Crippen LogP contribution in [0.2, 0.25) is 5.02 Å². The van der Waals surface area contributed by atoms with E-state index in [2.05, 4.69) is 15.9 Å². The van der Waals surface area contributed by atoms with Gasteiger partial charge in [-0.05, 0) is 39.5 Å². The van der Waals surface area contributed by atoms with E-state index in [-0.39, 0.29) is 5.56 Å². The Bertz CT molecular complexity index is 521. The van der Waals surface area contributed by atoms with Crippen molar-refractivity contribution in [3.8, 4) is 0 Å². The third-order valence-electron chi connectivity index (χ3n) is 1.79. The van der Waals surface area contributed by atoms with Gasteiger partial charge in [0.05, 0.1) is 19.1 Å². The number of hydrogen-bond donors (Lipinski definition) is 1. The van der Waals surface area contributed by atoms with Crippen LogP contribution in [0, 0.1) is 0 Å². The predicted molar refractivity (Wildman–Crippen MR) is 61.5 cm³/mol. The van der Waals surface area contributed by atoms with Gasteiger partial charge in [0.1, 0.15) is 0 Å². The van der Waals surface area contributed by atoms with Crippen molar-refractivity contribution in [1.29, 1.82) is 0 Å². The standard InChI is InChI=1S/C9H4BrClO2S/c10-7-3-4-1-5(9(12)13)2-6(11)8(4)14-7/h1-3H,(H,12,13). The van der Waals surface area contributed by atoms with E-state index >= 15 is 0 Å². The molecule has 2 aromatic rings. The zero-order chi connectivity index (χ0) is 10.3. The fourth-order valence-electron chi connectivity index (χ4n) is 1.20. The van der Waals surface area contributed by atoms with Crippen LogP contribution in [0.15, 0.2) is 22.0 Å². The number of aromatic carboxylic acids is 1. The first-order chi connectivity index (χ1) is 6.58. The zero-order valence-corrected chi connectivity index (χ0v) is 9.91. The highest BCUT2D eigenvalue weighted by Crippen LogP contribution is 2.35. The van der Waals surface area contributed by atoms with Crippen molar-refractivity contribution < 1.29 is 9.90 Å².